The molecule has 0 saturated carbocycles. The number of hydrogen-bond acceptors (Lipinski definition) is 7. The van der Waals surface area contributed by atoms with Crippen LogP contribution in [0, 0.1) is 0 Å². The number of aromatic carboxylic acids is 1. The molecule has 2 rings (SSSR count). The summed E-state index contributed by atoms with van der Waals surface area (Å²) in [5.74, 6) is -1.30. The first-order valence-corrected chi connectivity index (χ1v) is 7.09. The molecule has 0 radical (unpaired) electrons. The summed E-state index contributed by atoms with van der Waals surface area (Å²) < 4.78 is 9.59. The Bertz CT molecular complexity index is 782. The maximum atomic E-state index is 11.5. The fraction of sp³-hybridized carbons (Fsp3) is 0.200. The highest BCUT2D eigenvalue weighted by molar-refractivity contribution is 6.32. The second-order valence-corrected chi connectivity index (χ2v) is 4.97. The lowest BCUT2D eigenvalue weighted by Gasteiger charge is -2.11. The van der Waals surface area contributed by atoms with Crippen LogP contribution in [-0.4, -0.2) is 41.5 Å². The minimum atomic E-state index is -1.08. The minimum Gasteiger partial charge on any atom is -0.497 e. The first kappa shape index (κ1) is 17.5. The third-order valence-corrected chi connectivity index (χ3v) is 3.44. The number of nitrogens with one attached hydrogen (secondary N) is 1. The number of nitrogens with zero attached hydrogens (tertiary/aromatic N) is 2. The average Bonchev–Trinajstić information content (AvgIpc) is 2.60. The van der Waals surface area contributed by atoms with Gasteiger partial charge in [0.05, 0.1) is 25.5 Å². The first-order valence-electron chi connectivity index (χ1n) is 6.72. The van der Waals surface area contributed by atoms with Crippen LogP contribution in [0.4, 0.5) is 5.69 Å². The summed E-state index contributed by atoms with van der Waals surface area (Å²) in [5.41, 5.74) is 0.917. The molecule has 2 N–H and O–H groups in total. The minimum absolute atomic E-state index is 0.0161. The van der Waals surface area contributed by atoms with Crippen molar-refractivity contribution in [1.82, 2.24) is 10.2 Å². The number of carbonyl (C=O) groups is 2. The Morgan fingerprint density at radius 3 is 2.62 bits per heavy atom. The Morgan fingerprint density at radius 1 is 1.25 bits per heavy atom. The van der Waals surface area contributed by atoms with E-state index in [1.165, 1.54) is 26.4 Å². The van der Waals surface area contributed by atoms with Crippen LogP contribution in [0.15, 0.2) is 24.3 Å². The molecule has 24 heavy (non-hydrogen) atoms. The van der Waals surface area contributed by atoms with Gasteiger partial charge in [-0.15, -0.1) is 10.2 Å². The third kappa shape index (κ3) is 3.90. The van der Waals surface area contributed by atoms with Gasteiger partial charge >= 0.3 is 11.9 Å². The lowest BCUT2D eigenvalue weighted by molar-refractivity contribution is 0.0592. The quantitative estimate of drug-likeness (QED) is 0.762. The molecule has 126 valence electrons. The molecular weight excluding hydrogens is 338 g/mol. The molecule has 0 atom stereocenters. The zero-order valence-corrected chi connectivity index (χ0v) is 13.6. The van der Waals surface area contributed by atoms with Crippen molar-refractivity contribution >= 4 is 29.2 Å². The lowest BCUT2D eigenvalue weighted by Crippen LogP contribution is -2.10. The summed E-state index contributed by atoms with van der Waals surface area (Å²) in [6, 6.07) is 6.07. The van der Waals surface area contributed by atoms with Crippen LogP contribution in [0.5, 0.6) is 5.75 Å². The van der Waals surface area contributed by atoms with E-state index in [2.05, 4.69) is 20.3 Å². The van der Waals surface area contributed by atoms with E-state index in [4.69, 9.17) is 16.3 Å². The monoisotopic (exact) mass is 351 g/mol. The average molecular weight is 352 g/mol. The van der Waals surface area contributed by atoms with Gasteiger partial charge < -0.3 is 19.9 Å². The molecule has 0 fully saturated rings. The van der Waals surface area contributed by atoms with Crippen molar-refractivity contribution in [2.45, 2.75) is 6.54 Å². The smallest absolute Gasteiger partial charge is 0.358 e. The topological polar surface area (TPSA) is 111 Å². The molecule has 1 aromatic carbocycles. The largest absolute Gasteiger partial charge is 0.497 e. The van der Waals surface area contributed by atoms with E-state index in [0.29, 0.717) is 17.0 Å². The number of ether oxygens (including phenoxy) is 2. The molecule has 0 spiro atoms. The predicted octanol–water partition coefficient (Wildman–Crippen LogP) is 2.24. The van der Waals surface area contributed by atoms with Gasteiger partial charge in [-0.25, -0.2) is 9.59 Å². The van der Waals surface area contributed by atoms with Crippen LogP contribution in [0.3, 0.4) is 0 Å². The second kappa shape index (κ2) is 7.60. The van der Waals surface area contributed by atoms with E-state index in [9.17, 15) is 14.7 Å². The number of aromatic nitrogens is 2. The number of benzene rings is 1. The van der Waals surface area contributed by atoms with Gasteiger partial charge in [0, 0.05) is 6.54 Å². The Morgan fingerprint density at radius 2 is 2.00 bits per heavy atom. The number of carboxylic acid groups (broad SMARTS) is 1. The van der Waals surface area contributed by atoms with Gasteiger partial charge in [0.25, 0.3) is 0 Å². The summed E-state index contributed by atoms with van der Waals surface area (Å²) in [6.45, 7) is 0.150. The summed E-state index contributed by atoms with van der Waals surface area (Å²) in [5, 5.41) is 19.6. The Kier molecular flexibility index (Phi) is 5.54. The maximum Gasteiger partial charge on any atom is 0.358 e. The van der Waals surface area contributed by atoms with E-state index in [-0.39, 0.29) is 23.0 Å². The Hall–Kier alpha value is -2.87. The molecule has 0 saturated heterocycles. The van der Waals surface area contributed by atoms with Gasteiger partial charge in [0.2, 0.25) is 0 Å². The van der Waals surface area contributed by atoms with Crippen molar-refractivity contribution in [2.24, 2.45) is 0 Å². The molecule has 8 nitrogen and oxygen atoms in total. The van der Waals surface area contributed by atoms with Gasteiger partial charge in [0.15, 0.2) is 10.8 Å². The number of esters is 1. The fourth-order valence-electron chi connectivity index (χ4n) is 1.93. The van der Waals surface area contributed by atoms with Gasteiger partial charge in [-0.2, -0.15) is 0 Å². The number of anilines is 1. The summed E-state index contributed by atoms with van der Waals surface area (Å²) in [7, 11) is 2.68. The number of carbonyl (C=O) groups excluding carboxylic acids is 1. The van der Waals surface area contributed by atoms with Gasteiger partial charge in [0.1, 0.15) is 5.75 Å². The van der Waals surface area contributed by atoms with Crippen molar-refractivity contribution < 1.29 is 24.2 Å². The van der Waals surface area contributed by atoms with Crippen molar-refractivity contribution in [1.29, 1.82) is 0 Å². The van der Waals surface area contributed by atoms with Crippen LogP contribution in [0.1, 0.15) is 26.4 Å². The van der Waals surface area contributed by atoms with Crippen molar-refractivity contribution in [3.8, 4) is 5.75 Å². The molecule has 2 aromatic rings. The van der Waals surface area contributed by atoms with Crippen LogP contribution < -0.4 is 10.1 Å². The van der Waals surface area contributed by atoms with Crippen LogP contribution in [0.2, 0.25) is 5.15 Å². The van der Waals surface area contributed by atoms with E-state index >= 15 is 0 Å². The van der Waals surface area contributed by atoms with Crippen molar-refractivity contribution in [2.75, 3.05) is 19.5 Å². The summed E-state index contributed by atoms with van der Waals surface area (Å²) in [4.78, 5) is 22.8. The maximum absolute atomic E-state index is 11.5. The molecule has 0 amide bonds. The number of hydrogen-bond donors (Lipinski definition) is 2. The van der Waals surface area contributed by atoms with E-state index in [1.54, 1.807) is 12.1 Å². The van der Waals surface area contributed by atoms with Gasteiger partial charge in [-0.3, -0.25) is 0 Å². The number of rotatable bonds is 6. The molecule has 1 heterocycles. The second-order valence-electron chi connectivity index (χ2n) is 4.61. The highest BCUT2D eigenvalue weighted by Crippen LogP contribution is 2.22. The lowest BCUT2D eigenvalue weighted by atomic mass is 10.1. The molecule has 1 aromatic heterocycles. The van der Waals surface area contributed by atoms with Crippen LogP contribution >= 0.6 is 11.6 Å². The number of methoxy groups -OCH3 is 2. The van der Waals surface area contributed by atoms with Gasteiger partial charge in [-0.05, 0) is 23.8 Å². The summed E-state index contributed by atoms with van der Waals surface area (Å²) in [6.07, 6.45) is 0. The third-order valence-electron chi connectivity index (χ3n) is 3.16. The van der Waals surface area contributed by atoms with Crippen LogP contribution in [0.25, 0.3) is 0 Å². The Balaban J connectivity index is 2.25. The standard InChI is InChI=1S/C15H14ClN3O5/c1-23-9-4-3-8(10(5-9)14(20)21)7-17-11-6-12(15(22)24-2)18-19-13(11)16/h3-6H,7H2,1-2H3,(H,17,18)(H,20,21). The normalized spacial score (nSPS) is 10.1. The van der Waals surface area contributed by atoms with Crippen LogP contribution in [-0.2, 0) is 11.3 Å². The molecule has 0 unspecified atom stereocenters. The number of halogens is 1. The zero-order chi connectivity index (χ0) is 17.7. The van der Waals surface area contributed by atoms with E-state index in [1.807, 2.05) is 0 Å². The SMILES string of the molecule is COC(=O)c1cc(NCc2ccc(OC)cc2C(=O)O)c(Cl)nn1. The molecular formula is C15H14ClN3O5. The van der Waals surface area contributed by atoms with Crippen molar-refractivity contribution in [3.05, 3.63) is 46.2 Å². The van der Waals surface area contributed by atoms with E-state index < -0.39 is 11.9 Å². The predicted molar refractivity (Wildman–Crippen MR) is 85.7 cm³/mol. The molecule has 0 aliphatic carbocycles. The summed E-state index contributed by atoms with van der Waals surface area (Å²) >= 11 is 5.94. The highest BCUT2D eigenvalue weighted by Gasteiger charge is 2.14. The molecule has 0 bridgehead atoms. The molecule has 0 aliphatic rings. The van der Waals surface area contributed by atoms with E-state index in [0.717, 1.165) is 0 Å². The zero-order valence-electron chi connectivity index (χ0n) is 12.9. The van der Waals surface area contributed by atoms with Gasteiger partial charge in [-0.1, -0.05) is 17.7 Å². The highest BCUT2D eigenvalue weighted by atomic mass is 35.5. The Labute approximate surface area is 142 Å². The van der Waals surface area contributed by atoms with Crippen molar-refractivity contribution in [3.63, 3.8) is 0 Å². The first-order chi connectivity index (χ1) is 11.5. The molecule has 9 heteroatoms. The fourth-order valence-corrected chi connectivity index (χ4v) is 2.09. The number of carboxylic acids is 1. The molecule has 0 aliphatic heterocycles.